The van der Waals surface area contributed by atoms with Crippen LogP contribution in [0.4, 0.5) is 0 Å². The Morgan fingerprint density at radius 1 is 0.790 bits per heavy atom. The van der Waals surface area contributed by atoms with Crippen LogP contribution in [0.15, 0.2) is 47.7 Å². The first-order valence-electron chi connectivity index (χ1n) is 30.5. The molecule has 1 fully saturated rings. The standard InChI is InChI=1S/C14H21N5O4.C13H18N4O3.C7H14BrNO2.C7H8N4O2.C4H8O.CH2O3.CH3.HI.2K.Mg.H/c1-16-8-15-12-11(16)13(22)19(14(23)18(12)3)7-5-4-6-10(21)17(2)9-20;1-9(18)6-4-5-7-17-12(19)10-11(14-8-15(10)2)16(3)13(17)20;1-9(11-2)7(10)5-3-4-6-8;1-10-3-8-5-4(10)6(12)9-7(13)11(5)2;1-2-4-5-3-1;2-1-4-3;;;;;;/h8,20H,4-7,9H2,1-3H3;8H,4-7H2,1-3H3;3-6H2,1-2H3;3H,1-2H3,(H,9,12,13);1-4H2;1,3H;1H3;1H;;;;/q;;;;;;-1;;2*+1;+2;-1/p-2/i1D3;1D3,2D3;;1D3;;;1D3;;;;;. The molecule has 0 spiro atoms. The smallest absolute Gasteiger partial charge is 1.00 e. The molecule has 2 N–H and O–H groups in total. The number of hydrogen-bond donors (Lipinski definition) is 2. The van der Waals surface area contributed by atoms with Crippen molar-refractivity contribution < 1.29 is 193 Å². The number of aromatic amines is 1. The van der Waals surface area contributed by atoms with Gasteiger partial charge in [-0.3, -0.25) is 61.4 Å². The number of rotatable bonds is 17. The van der Waals surface area contributed by atoms with Gasteiger partial charge >= 0.3 is 143 Å². The van der Waals surface area contributed by atoms with E-state index in [1.165, 1.54) is 53.2 Å². The molecule has 440 valence electrons. The largest absolute Gasteiger partial charge is 2.00 e. The molecule has 2 amide bonds. The number of Topliss-reactive ketones (excluding diaryl/α,β-unsaturated/α-hetero) is 1. The summed E-state index contributed by atoms with van der Waals surface area (Å²) in [5.74, 6) is -1.09. The van der Waals surface area contributed by atoms with Gasteiger partial charge in [-0.25, -0.2) is 38.5 Å². The van der Waals surface area contributed by atoms with Crippen LogP contribution < -0.4 is 166 Å². The number of unbranched alkanes of at least 4 members (excludes halogenated alkanes) is 3. The molecule has 81 heavy (non-hydrogen) atoms. The number of hydroxylamine groups is 2. The number of aliphatic hydroxyl groups excluding tert-OH is 1. The molecule has 0 atom stereocenters. The second-order valence-corrected chi connectivity index (χ2v) is 16.9. The topological polar surface area (TPSA) is 342 Å². The SMILES string of the molecule is C1CCOC1.CON(C)C(=O)CCCCBr.O=CO[O-].[2H]C([2H])([2H])C(=O)CCCCn1c(=O)c2c(ncn2C([2H])([2H])[2H])n(C)c1=O.[2H]C([2H])([2H])n1cnc2c1c(=O)[nH]c(=O)n2C.[2H]C([2H])([2H])n1cnc2c1c(=O)n(CCCCC(=O)N(C)CO)c(=O)n2C.[2H][C-]([2H])[2H].[H-].[I-].[K+].[K+].[Mg+2]. The Morgan fingerprint density at radius 2 is 1.21 bits per heavy atom. The molecule has 29 nitrogen and oxygen atoms in total. The number of imidazole rings is 3. The van der Waals surface area contributed by atoms with Gasteiger partial charge in [-0.2, -0.15) is 0 Å². The number of nitrogens with zero attached hydrogens (tertiary/aromatic N) is 13. The van der Waals surface area contributed by atoms with Crippen LogP contribution in [0.3, 0.4) is 0 Å². The Morgan fingerprint density at radius 3 is 1.59 bits per heavy atom. The Labute approximate surface area is 616 Å². The maximum atomic E-state index is 12.6. The summed E-state index contributed by atoms with van der Waals surface area (Å²) in [6.45, 7) is -8.97. The van der Waals surface area contributed by atoms with Crippen molar-refractivity contribution in [1.29, 1.82) is 0 Å². The second kappa shape index (κ2) is 45.0. The fourth-order valence-electron chi connectivity index (χ4n) is 6.58. The van der Waals surface area contributed by atoms with Gasteiger partial charge in [-0.15, -0.1) is 0 Å². The summed E-state index contributed by atoms with van der Waals surface area (Å²) in [4.78, 5) is 137. The molecule has 0 aliphatic carbocycles. The minimum absolute atomic E-state index is 0. The van der Waals surface area contributed by atoms with E-state index in [0.717, 1.165) is 91.8 Å². The fourth-order valence-corrected chi connectivity index (χ4v) is 6.97. The first kappa shape index (κ1) is 59.0. The fraction of sp³-hybridized carbons (Fsp3) is 0.574. The molecule has 6 aromatic rings. The quantitative estimate of drug-likeness (QED) is 0.00986. The number of alkyl halides is 1. The second-order valence-electron chi connectivity index (χ2n) is 16.1. The molecule has 1 saturated heterocycles. The molecule has 1 aliphatic heterocycles. The Hall–Kier alpha value is -2.38. The summed E-state index contributed by atoms with van der Waals surface area (Å²) in [5, 5.41) is 19.5. The van der Waals surface area contributed by atoms with Crippen LogP contribution in [0, 0.1) is 7.35 Å². The van der Waals surface area contributed by atoms with Crippen LogP contribution in [0.2, 0.25) is 0 Å². The summed E-state index contributed by atoms with van der Waals surface area (Å²) in [6.07, 6.45) is 9.24. The number of aliphatic hydroxyl groups is 1. The third-order valence-electron chi connectivity index (χ3n) is 10.8. The molecule has 1 aliphatic rings. The van der Waals surface area contributed by atoms with Gasteiger partial charge in [-0.1, -0.05) is 15.9 Å². The molecule has 0 aromatic carbocycles. The number of halogens is 2. The summed E-state index contributed by atoms with van der Waals surface area (Å²) in [5.41, 5.74) is -4.68. The van der Waals surface area contributed by atoms with Gasteiger partial charge in [0.2, 0.25) is 11.8 Å². The summed E-state index contributed by atoms with van der Waals surface area (Å²) >= 11 is 3.30. The number of hydrogen-bond acceptors (Lipinski definition) is 18. The van der Waals surface area contributed by atoms with E-state index in [1.807, 2.05) is 4.98 Å². The molecule has 0 radical (unpaired) electrons. The number of fused-ring (bicyclic) bond motifs is 3. The van der Waals surface area contributed by atoms with Crippen molar-refractivity contribution in [3.05, 3.63) is 88.9 Å². The molecule has 0 unspecified atom stereocenters. The van der Waals surface area contributed by atoms with Crippen molar-refractivity contribution >= 4 is 96.5 Å². The molecular formula is C47H74BrIK2MgN14O15. The van der Waals surface area contributed by atoms with Gasteiger partial charge in [0.05, 0.1) is 26.1 Å². The van der Waals surface area contributed by atoms with Gasteiger partial charge < -0.3 is 76.1 Å². The monoisotopic (exact) mass is 1400 g/mol. The van der Waals surface area contributed by atoms with Gasteiger partial charge in [0.15, 0.2) is 33.5 Å². The van der Waals surface area contributed by atoms with Crippen molar-refractivity contribution in [2.45, 2.75) is 90.6 Å². The number of amides is 2. The summed E-state index contributed by atoms with van der Waals surface area (Å²) in [7, 11) is 7.93. The van der Waals surface area contributed by atoms with Crippen LogP contribution >= 0.6 is 15.9 Å². The predicted molar refractivity (Wildman–Crippen MR) is 293 cm³/mol. The summed E-state index contributed by atoms with van der Waals surface area (Å²) < 4.78 is 117. The van der Waals surface area contributed by atoms with Crippen LogP contribution in [0.5, 0.6) is 0 Å². The average molecular weight is 1400 g/mol. The number of aryl methyl sites for hydroxylation is 6. The Balaban J connectivity index is -0.000000370. The molecule has 6 aromatic heterocycles. The first-order valence-corrected chi connectivity index (χ1v) is 24.1. The number of ketones is 1. The van der Waals surface area contributed by atoms with Crippen molar-refractivity contribution in [2.24, 2.45) is 42.1 Å². The van der Waals surface area contributed by atoms with Crippen LogP contribution in [-0.4, -0.2) is 165 Å². The molecule has 0 saturated carbocycles. The van der Waals surface area contributed by atoms with Crippen LogP contribution in [0.1, 0.15) is 99.5 Å². The molecule has 7 rings (SSSR count). The van der Waals surface area contributed by atoms with Gasteiger partial charge in [-0.05, 0) is 58.2 Å². The number of aromatic nitrogens is 12. The third kappa shape index (κ3) is 26.4. The minimum atomic E-state index is -2.67. The van der Waals surface area contributed by atoms with E-state index in [-0.39, 0.29) is 249 Å². The number of nitrogens with one attached hydrogen (secondary N) is 1. The maximum Gasteiger partial charge on any atom is 2.00 e. The van der Waals surface area contributed by atoms with Gasteiger partial charge in [0.25, 0.3) is 23.2 Å². The zero-order chi connectivity index (χ0) is 70.8. The normalized spacial score (nSPS) is 14.0. The van der Waals surface area contributed by atoms with Crippen molar-refractivity contribution in [3.63, 3.8) is 0 Å². The molecule has 0 bridgehead atoms. The van der Waals surface area contributed by atoms with E-state index in [9.17, 15) is 43.2 Å². The van der Waals surface area contributed by atoms with Crippen molar-refractivity contribution in [2.75, 3.05) is 46.5 Å². The van der Waals surface area contributed by atoms with Gasteiger partial charge in [0.1, 0.15) is 12.5 Å². The maximum absolute atomic E-state index is 12.6. The zero-order valence-corrected chi connectivity index (χ0v) is 57.7. The minimum Gasteiger partial charge on any atom is -1.00 e. The number of H-pyrrole nitrogens is 1. The van der Waals surface area contributed by atoms with E-state index >= 15 is 0 Å². The van der Waals surface area contributed by atoms with E-state index in [0.29, 0.717) is 19.3 Å². The van der Waals surface area contributed by atoms with Gasteiger partial charge in [0, 0.05) is 124 Å². The first-order chi connectivity index (χ1) is 42.6. The van der Waals surface area contributed by atoms with E-state index in [1.54, 1.807) is 7.05 Å². The van der Waals surface area contributed by atoms with Crippen LogP contribution in [-0.2, 0) is 88.8 Å². The third-order valence-corrected chi connectivity index (χ3v) is 11.4. The summed E-state index contributed by atoms with van der Waals surface area (Å²) in [6, 6.07) is 0. The number of carbonyl (C=O) groups is 4. The zero-order valence-electron chi connectivity index (χ0n) is 62.3. The number of carbonyl (C=O) groups excluding carboxylic acids is 4. The average Bonchev–Trinajstić information content (AvgIpc) is 1.57. The van der Waals surface area contributed by atoms with E-state index < -0.39 is 74.7 Å². The molecule has 7 heterocycles. The Bertz CT molecular complexity index is 3750. The van der Waals surface area contributed by atoms with E-state index in [4.69, 9.17) is 45.3 Å². The van der Waals surface area contributed by atoms with Crippen LogP contribution in [0.25, 0.3) is 33.5 Å². The molecular weight excluding hydrogens is 1310 g/mol. The predicted octanol–water partition coefficient (Wildman–Crippen LogP) is -9.84. The van der Waals surface area contributed by atoms with E-state index in [2.05, 4.69) is 35.8 Å². The number of ether oxygens (including phenoxy) is 1. The Kier molecular flexibility index (Phi) is 32.8. The molecule has 34 heteroatoms. The van der Waals surface area contributed by atoms with Crippen molar-refractivity contribution in [1.82, 2.24) is 66.4 Å². The van der Waals surface area contributed by atoms with Crippen molar-refractivity contribution in [3.8, 4) is 0 Å².